The molecule has 31 heavy (non-hydrogen) atoms. The summed E-state index contributed by atoms with van der Waals surface area (Å²) >= 11 is 1.39. The van der Waals surface area contributed by atoms with Crippen LogP contribution in [-0.4, -0.2) is 39.5 Å². The molecule has 1 aliphatic carbocycles. The maximum atomic E-state index is 14.0. The van der Waals surface area contributed by atoms with E-state index in [0.717, 1.165) is 25.0 Å². The molecule has 1 aliphatic rings. The lowest BCUT2D eigenvalue weighted by Gasteiger charge is -2.12. The third kappa shape index (κ3) is 5.16. The van der Waals surface area contributed by atoms with Crippen molar-refractivity contribution in [1.29, 1.82) is 0 Å². The maximum absolute atomic E-state index is 14.0. The van der Waals surface area contributed by atoms with Gasteiger partial charge in [0.2, 0.25) is 4.96 Å². The molecule has 162 valence electrons. The van der Waals surface area contributed by atoms with E-state index in [1.54, 1.807) is 22.7 Å². The largest absolute Gasteiger partial charge is 0.348 e. The molecular formula is C22H24FN5O2S. The predicted molar refractivity (Wildman–Crippen MR) is 117 cm³/mol. The second kappa shape index (κ2) is 9.82. The summed E-state index contributed by atoms with van der Waals surface area (Å²) in [6.45, 7) is 0.763. The van der Waals surface area contributed by atoms with Gasteiger partial charge in [0.25, 0.3) is 0 Å². The van der Waals surface area contributed by atoms with E-state index in [-0.39, 0.29) is 12.4 Å². The fraction of sp³-hybridized carbons (Fsp3) is 0.364. The monoisotopic (exact) mass is 441 g/mol. The Kier molecular flexibility index (Phi) is 6.71. The normalized spacial score (nSPS) is 13.8. The number of allylic oxidation sites excluding steroid dienone is 1. The van der Waals surface area contributed by atoms with Crippen LogP contribution in [0.2, 0.25) is 0 Å². The molecule has 0 spiro atoms. The Bertz CT molecular complexity index is 1120. The third-order valence-electron chi connectivity index (χ3n) is 5.25. The number of hydrogen-bond acceptors (Lipinski definition) is 5. The number of nitrogens with one attached hydrogen (secondary N) is 2. The van der Waals surface area contributed by atoms with Crippen LogP contribution in [0.15, 0.2) is 41.3 Å². The van der Waals surface area contributed by atoms with Crippen LogP contribution in [0, 0.1) is 5.82 Å². The van der Waals surface area contributed by atoms with Gasteiger partial charge < -0.3 is 10.6 Å². The van der Waals surface area contributed by atoms with Crippen LogP contribution in [0.3, 0.4) is 0 Å². The van der Waals surface area contributed by atoms with Crippen molar-refractivity contribution in [2.45, 2.75) is 38.5 Å². The van der Waals surface area contributed by atoms with Crippen LogP contribution in [-0.2, 0) is 16.0 Å². The highest BCUT2D eigenvalue weighted by molar-refractivity contribution is 7.15. The van der Waals surface area contributed by atoms with Gasteiger partial charge in [-0.3, -0.25) is 9.59 Å². The van der Waals surface area contributed by atoms with Gasteiger partial charge in [0, 0.05) is 24.9 Å². The second-order valence-corrected chi connectivity index (χ2v) is 8.29. The molecule has 2 amide bonds. The zero-order chi connectivity index (χ0) is 21.6. The van der Waals surface area contributed by atoms with E-state index in [1.165, 1.54) is 35.8 Å². The molecule has 0 fully saturated rings. The van der Waals surface area contributed by atoms with Gasteiger partial charge in [-0.2, -0.15) is 4.98 Å². The highest BCUT2D eigenvalue weighted by Crippen LogP contribution is 2.23. The van der Waals surface area contributed by atoms with E-state index < -0.39 is 11.8 Å². The lowest BCUT2D eigenvalue weighted by atomic mass is 9.97. The molecule has 0 radical (unpaired) electrons. The number of halogens is 1. The Balaban J connectivity index is 1.27. The number of fused-ring (bicyclic) bond motifs is 1. The van der Waals surface area contributed by atoms with Crippen molar-refractivity contribution in [2.75, 3.05) is 13.1 Å². The number of carbonyl (C=O) groups is 2. The molecule has 1 aromatic carbocycles. The number of hydrogen-bond donors (Lipinski definition) is 2. The fourth-order valence-electron chi connectivity index (χ4n) is 3.59. The molecule has 3 aromatic rings. The Morgan fingerprint density at radius 3 is 2.61 bits per heavy atom. The Labute approximate surface area is 183 Å². The lowest BCUT2D eigenvalue weighted by Crippen LogP contribution is -2.41. The molecular weight excluding hydrogens is 417 g/mol. The van der Waals surface area contributed by atoms with Crippen LogP contribution < -0.4 is 10.6 Å². The number of amides is 2. The lowest BCUT2D eigenvalue weighted by molar-refractivity contribution is -0.139. The summed E-state index contributed by atoms with van der Waals surface area (Å²) in [4.78, 5) is 29.0. The summed E-state index contributed by atoms with van der Waals surface area (Å²) < 4.78 is 15.6. The number of thiazole rings is 1. The van der Waals surface area contributed by atoms with E-state index >= 15 is 0 Å². The zero-order valence-electron chi connectivity index (χ0n) is 17.1. The quantitative estimate of drug-likeness (QED) is 0.435. The number of aromatic nitrogens is 3. The number of rotatable bonds is 7. The van der Waals surface area contributed by atoms with Gasteiger partial charge in [0.1, 0.15) is 5.82 Å². The molecule has 9 heteroatoms. The topological polar surface area (TPSA) is 88.4 Å². The molecule has 2 heterocycles. The minimum atomic E-state index is -0.644. The first-order valence-corrected chi connectivity index (χ1v) is 11.3. The summed E-state index contributed by atoms with van der Waals surface area (Å²) in [6.07, 6.45) is 8.12. The number of benzene rings is 1. The van der Waals surface area contributed by atoms with Crippen molar-refractivity contribution < 1.29 is 14.0 Å². The van der Waals surface area contributed by atoms with Crippen molar-refractivity contribution >= 4 is 28.1 Å². The molecule has 0 saturated heterocycles. The molecule has 0 saturated carbocycles. The maximum Gasteiger partial charge on any atom is 0.309 e. The second-order valence-electron chi connectivity index (χ2n) is 7.46. The summed E-state index contributed by atoms with van der Waals surface area (Å²) in [5, 5.41) is 11.6. The average molecular weight is 442 g/mol. The Morgan fingerprint density at radius 1 is 1.10 bits per heavy atom. The van der Waals surface area contributed by atoms with E-state index in [9.17, 15) is 14.0 Å². The first kappa shape index (κ1) is 21.2. The van der Waals surface area contributed by atoms with Crippen LogP contribution in [0.5, 0.6) is 0 Å². The zero-order valence-corrected chi connectivity index (χ0v) is 17.9. The molecule has 4 rings (SSSR count). The Morgan fingerprint density at radius 2 is 1.87 bits per heavy atom. The minimum Gasteiger partial charge on any atom is -0.348 e. The van der Waals surface area contributed by atoms with Crippen molar-refractivity contribution in [3.05, 3.63) is 52.8 Å². The number of nitrogens with zero attached hydrogens (tertiary/aromatic N) is 3. The van der Waals surface area contributed by atoms with Gasteiger partial charge >= 0.3 is 11.8 Å². The van der Waals surface area contributed by atoms with Crippen LogP contribution in [0.25, 0.3) is 16.3 Å². The van der Waals surface area contributed by atoms with Gasteiger partial charge in [-0.1, -0.05) is 23.8 Å². The van der Waals surface area contributed by atoms with E-state index in [2.05, 4.69) is 26.8 Å². The van der Waals surface area contributed by atoms with Crippen molar-refractivity contribution in [2.24, 2.45) is 0 Å². The molecule has 7 nitrogen and oxygen atoms in total. The van der Waals surface area contributed by atoms with Gasteiger partial charge in [-0.25, -0.2) is 8.91 Å². The average Bonchev–Trinajstić information content (AvgIpc) is 3.36. The third-order valence-corrected chi connectivity index (χ3v) is 6.12. The minimum absolute atomic E-state index is 0.290. The van der Waals surface area contributed by atoms with Crippen LogP contribution >= 0.6 is 11.3 Å². The molecule has 0 bridgehead atoms. The van der Waals surface area contributed by atoms with Crippen LogP contribution in [0.4, 0.5) is 4.39 Å². The van der Waals surface area contributed by atoms with E-state index in [4.69, 9.17) is 0 Å². The molecule has 2 aromatic heterocycles. The molecule has 2 N–H and O–H groups in total. The van der Waals surface area contributed by atoms with Crippen LogP contribution in [0.1, 0.15) is 37.8 Å². The van der Waals surface area contributed by atoms with Gasteiger partial charge in [-0.15, -0.1) is 16.4 Å². The molecule has 0 aliphatic heterocycles. The highest BCUT2D eigenvalue weighted by atomic mass is 32.1. The first-order valence-electron chi connectivity index (χ1n) is 10.4. The summed E-state index contributed by atoms with van der Waals surface area (Å²) in [7, 11) is 0. The standard InChI is InChI=1S/C22H24FN5O2S/c23-18-9-5-4-8-17(18)19-26-22-28(27-19)16(14-31-22)11-13-25-21(30)20(29)24-12-10-15-6-2-1-3-7-15/h4-6,8-9,14H,1-3,7,10-13H2,(H,24,29)(H,25,30). The fourth-order valence-corrected chi connectivity index (χ4v) is 4.44. The van der Waals surface area contributed by atoms with E-state index in [0.29, 0.717) is 29.3 Å². The Hall–Kier alpha value is -3.07. The van der Waals surface area contributed by atoms with Gasteiger partial charge in [0.15, 0.2) is 5.82 Å². The smallest absolute Gasteiger partial charge is 0.309 e. The summed E-state index contributed by atoms with van der Waals surface area (Å²) in [5.74, 6) is -1.31. The van der Waals surface area contributed by atoms with Crippen molar-refractivity contribution in [1.82, 2.24) is 25.2 Å². The predicted octanol–water partition coefficient (Wildman–Crippen LogP) is 3.26. The van der Waals surface area contributed by atoms with Crippen molar-refractivity contribution in [3.8, 4) is 11.4 Å². The summed E-state index contributed by atoms with van der Waals surface area (Å²) in [6, 6.07) is 6.37. The molecule has 0 unspecified atom stereocenters. The van der Waals surface area contributed by atoms with E-state index in [1.807, 2.05) is 5.38 Å². The summed E-state index contributed by atoms with van der Waals surface area (Å²) in [5.41, 5.74) is 2.54. The SMILES string of the molecule is O=C(NCCC1=CCCCC1)C(=O)NCCc1csc2nc(-c3ccccc3F)nn12. The van der Waals surface area contributed by atoms with Crippen molar-refractivity contribution in [3.63, 3.8) is 0 Å². The highest BCUT2D eigenvalue weighted by Gasteiger charge is 2.16. The molecule has 0 atom stereocenters. The number of carbonyl (C=O) groups excluding carboxylic acids is 2. The van der Waals surface area contributed by atoms with Gasteiger partial charge in [-0.05, 0) is 44.2 Å². The van der Waals surface area contributed by atoms with Gasteiger partial charge in [0.05, 0.1) is 11.3 Å². The first-order chi connectivity index (χ1) is 15.1.